The fraction of sp³-hybridized carbons (Fsp3) is 0.571. The predicted octanol–water partition coefficient (Wildman–Crippen LogP) is 2.05. The Morgan fingerprint density at radius 3 is 2.32 bits per heavy atom. The molecule has 1 aliphatic heterocycles. The molecular formula is C21H28N4O5S. The molecule has 0 aromatic heterocycles. The molecule has 2 saturated carbocycles. The number of hydrogen-bond donors (Lipinski definition) is 2. The van der Waals surface area contributed by atoms with E-state index in [0.717, 1.165) is 43.4 Å². The lowest BCUT2D eigenvalue weighted by Crippen LogP contribution is -2.52. The molecule has 0 atom stereocenters. The molecule has 1 heterocycles. The van der Waals surface area contributed by atoms with Gasteiger partial charge in [0.2, 0.25) is 15.9 Å². The summed E-state index contributed by atoms with van der Waals surface area (Å²) in [6.07, 6.45) is 7.02. The molecule has 2 aliphatic carbocycles. The summed E-state index contributed by atoms with van der Waals surface area (Å²) in [5.74, 6) is -0.874. The third-order valence-electron chi connectivity index (χ3n) is 6.66. The van der Waals surface area contributed by atoms with Gasteiger partial charge in [-0.2, -0.15) is 4.31 Å². The van der Waals surface area contributed by atoms with Gasteiger partial charge in [0.1, 0.15) is 12.1 Å². The minimum absolute atomic E-state index is 0.0150. The molecule has 1 aromatic carbocycles. The Morgan fingerprint density at radius 1 is 1.13 bits per heavy atom. The smallest absolute Gasteiger partial charge is 0.325 e. The Morgan fingerprint density at radius 2 is 1.77 bits per heavy atom. The molecule has 4 rings (SSSR count). The maximum absolute atomic E-state index is 12.9. The van der Waals surface area contributed by atoms with Gasteiger partial charge in [-0.3, -0.25) is 14.5 Å². The number of carbonyl (C=O) groups is 3. The van der Waals surface area contributed by atoms with Gasteiger partial charge in [-0.05, 0) is 56.4 Å². The van der Waals surface area contributed by atoms with Crippen LogP contribution in [0.4, 0.5) is 10.5 Å². The van der Waals surface area contributed by atoms with E-state index in [9.17, 15) is 22.8 Å². The van der Waals surface area contributed by atoms with Crippen molar-refractivity contribution in [3.05, 3.63) is 24.3 Å². The molecule has 10 heteroatoms. The number of rotatable bonds is 6. The van der Waals surface area contributed by atoms with Crippen molar-refractivity contribution in [2.45, 2.75) is 67.8 Å². The molecule has 1 aromatic rings. The van der Waals surface area contributed by atoms with Crippen LogP contribution >= 0.6 is 0 Å². The Bertz CT molecular complexity index is 982. The highest BCUT2D eigenvalue weighted by atomic mass is 32.2. The van der Waals surface area contributed by atoms with Crippen molar-refractivity contribution in [1.29, 1.82) is 0 Å². The van der Waals surface area contributed by atoms with E-state index < -0.39 is 27.5 Å². The van der Waals surface area contributed by atoms with E-state index in [1.165, 1.54) is 28.6 Å². The summed E-state index contributed by atoms with van der Waals surface area (Å²) < 4.78 is 27.3. The summed E-state index contributed by atoms with van der Waals surface area (Å²) in [6.45, 7) is -0.378. The van der Waals surface area contributed by atoms with E-state index in [1.54, 1.807) is 7.05 Å². The lowest BCUT2D eigenvalue weighted by molar-refractivity contribution is -0.136. The first-order valence-electron chi connectivity index (χ1n) is 10.7. The molecule has 0 bridgehead atoms. The summed E-state index contributed by atoms with van der Waals surface area (Å²) in [4.78, 5) is 38.0. The summed E-state index contributed by atoms with van der Waals surface area (Å²) in [6, 6.07) is 5.41. The Kier molecular flexibility index (Phi) is 5.78. The second-order valence-corrected chi connectivity index (χ2v) is 10.6. The molecule has 0 radical (unpaired) electrons. The normalized spacial score (nSPS) is 21.3. The molecule has 9 nitrogen and oxygen atoms in total. The summed E-state index contributed by atoms with van der Waals surface area (Å²) in [5.41, 5.74) is -0.424. The number of sulfonamides is 1. The van der Waals surface area contributed by atoms with Crippen LogP contribution in [0.25, 0.3) is 0 Å². The van der Waals surface area contributed by atoms with Crippen LogP contribution in [0.1, 0.15) is 51.4 Å². The topological polar surface area (TPSA) is 116 Å². The highest BCUT2D eigenvalue weighted by Crippen LogP contribution is 2.37. The van der Waals surface area contributed by atoms with Gasteiger partial charge in [-0.25, -0.2) is 13.2 Å². The van der Waals surface area contributed by atoms with Crippen molar-refractivity contribution in [2.24, 2.45) is 0 Å². The number of benzene rings is 1. The average molecular weight is 449 g/mol. The first-order chi connectivity index (χ1) is 14.7. The summed E-state index contributed by atoms with van der Waals surface area (Å²) >= 11 is 0. The van der Waals surface area contributed by atoms with Gasteiger partial charge in [0.25, 0.3) is 5.91 Å². The number of carbonyl (C=O) groups excluding carboxylic acids is 3. The molecule has 2 N–H and O–H groups in total. The third kappa shape index (κ3) is 4.06. The van der Waals surface area contributed by atoms with Gasteiger partial charge in [0.05, 0.1) is 4.90 Å². The molecule has 0 unspecified atom stereocenters. The van der Waals surface area contributed by atoms with Crippen LogP contribution in [0, 0.1) is 0 Å². The lowest BCUT2D eigenvalue weighted by atomic mass is 9.77. The van der Waals surface area contributed by atoms with Crippen molar-refractivity contribution in [2.75, 3.05) is 18.9 Å². The minimum atomic E-state index is -3.61. The maximum atomic E-state index is 12.9. The quantitative estimate of drug-likeness (QED) is 0.646. The fourth-order valence-corrected chi connectivity index (χ4v) is 5.97. The third-order valence-corrected chi connectivity index (χ3v) is 8.58. The van der Waals surface area contributed by atoms with Gasteiger partial charge in [0.15, 0.2) is 0 Å². The van der Waals surface area contributed by atoms with Crippen molar-refractivity contribution >= 4 is 33.6 Å². The monoisotopic (exact) mass is 448 g/mol. The second kappa shape index (κ2) is 8.23. The van der Waals surface area contributed by atoms with Gasteiger partial charge < -0.3 is 10.6 Å². The summed E-state index contributed by atoms with van der Waals surface area (Å²) in [5, 5.41) is 5.31. The fourth-order valence-electron chi connectivity index (χ4n) is 4.55. The predicted molar refractivity (Wildman–Crippen MR) is 114 cm³/mol. The van der Waals surface area contributed by atoms with Gasteiger partial charge in [-0.15, -0.1) is 0 Å². The van der Waals surface area contributed by atoms with E-state index in [0.29, 0.717) is 18.5 Å². The molecule has 4 amide bonds. The van der Waals surface area contributed by atoms with Crippen LogP contribution in [-0.2, 0) is 19.6 Å². The zero-order valence-corrected chi connectivity index (χ0v) is 18.4. The number of nitrogens with zero attached hydrogens (tertiary/aromatic N) is 2. The number of anilines is 1. The zero-order valence-electron chi connectivity index (χ0n) is 17.6. The first kappa shape index (κ1) is 21.8. The van der Waals surface area contributed by atoms with Crippen molar-refractivity contribution in [1.82, 2.24) is 14.5 Å². The first-order valence-corrected chi connectivity index (χ1v) is 12.2. The standard InChI is InChI=1S/C21H28N4O5S/c1-24(16-6-3-2-4-7-16)31(29,30)17-10-8-15(9-11-17)22-18(26)14-25-19(27)21(12-5-13-21)23-20(25)28/h8-11,16H,2-7,12-14H2,1H3,(H,22,26)(H,23,28). The van der Waals surface area contributed by atoms with Crippen LogP contribution in [0.15, 0.2) is 29.2 Å². The van der Waals surface area contributed by atoms with Crippen LogP contribution < -0.4 is 10.6 Å². The summed E-state index contributed by atoms with van der Waals surface area (Å²) in [7, 11) is -1.99. The Labute approximate surface area is 182 Å². The number of imide groups is 1. The van der Waals surface area contributed by atoms with Crippen molar-refractivity contribution in [3.63, 3.8) is 0 Å². The number of amides is 4. The van der Waals surface area contributed by atoms with E-state index in [1.807, 2.05) is 0 Å². The van der Waals surface area contributed by atoms with E-state index >= 15 is 0 Å². The van der Waals surface area contributed by atoms with Crippen LogP contribution in [-0.4, -0.2) is 60.6 Å². The van der Waals surface area contributed by atoms with E-state index in [-0.39, 0.29) is 23.4 Å². The molecule has 31 heavy (non-hydrogen) atoms. The number of urea groups is 1. The molecule has 1 spiro atoms. The number of nitrogens with one attached hydrogen (secondary N) is 2. The number of hydrogen-bond acceptors (Lipinski definition) is 5. The average Bonchev–Trinajstić information content (AvgIpc) is 2.99. The lowest BCUT2D eigenvalue weighted by Gasteiger charge is -2.34. The zero-order chi connectivity index (χ0) is 22.2. The van der Waals surface area contributed by atoms with E-state index in [4.69, 9.17) is 0 Å². The molecule has 1 saturated heterocycles. The SMILES string of the molecule is CN(C1CCCCC1)S(=O)(=O)c1ccc(NC(=O)CN2C(=O)NC3(CCC3)C2=O)cc1. The van der Waals surface area contributed by atoms with E-state index in [2.05, 4.69) is 10.6 Å². The Balaban J connectivity index is 1.37. The van der Waals surface area contributed by atoms with Gasteiger partial charge >= 0.3 is 6.03 Å². The van der Waals surface area contributed by atoms with Crippen molar-refractivity contribution < 1.29 is 22.8 Å². The molecular weight excluding hydrogens is 420 g/mol. The molecule has 168 valence electrons. The van der Waals surface area contributed by atoms with Gasteiger partial charge in [-0.1, -0.05) is 19.3 Å². The minimum Gasteiger partial charge on any atom is -0.325 e. The highest BCUT2D eigenvalue weighted by Gasteiger charge is 2.54. The second-order valence-electron chi connectivity index (χ2n) is 8.64. The highest BCUT2D eigenvalue weighted by molar-refractivity contribution is 7.89. The molecule has 3 fully saturated rings. The maximum Gasteiger partial charge on any atom is 0.325 e. The molecule has 3 aliphatic rings. The van der Waals surface area contributed by atoms with Crippen LogP contribution in [0.5, 0.6) is 0 Å². The van der Waals surface area contributed by atoms with Crippen LogP contribution in [0.3, 0.4) is 0 Å². The van der Waals surface area contributed by atoms with Gasteiger partial charge in [0, 0.05) is 18.8 Å². The largest absolute Gasteiger partial charge is 0.325 e. The van der Waals surface area contributed by atoms with Crippen LogP contribution in [0.2, 0.25) is 0 Å². The van der Waals surface area contributed by atoms with Crippen molar-refractivity contribution in [3.8, 4) is 0 Å². The Hall–Kier alpha value is -2.46.